The molecule has 0 spiro atoms. The second-order valence-electron chi connectivity index (χ2n) is 6.48. The number of alkyl halides is 2. The van der Waals surface area contributed by atoms with Crippen molar-refractivity contribution in [2.45, 2.75) is 51.9 Å². The van der Waals surface area contributed by atoms with E-state index in [4.69, 9.17) is 0 Å². The molecule has 0 amide bonds. The quantitative estimate of drug-likeness (QED) is 0.534. The second kappa shape index (κ2) is 7.17. The van der Waals surface area contributed by atoms with Gasteiger partial charge in [0.15, 0.2) is 5.78 Å². The topological polar surface area (TPSA) is 17.1 Å². The second-order valence-corrected chi connectivity index (χ2v) is 6.48. The Morgan fingerprint density at radius 3 is 2.55 bits per heavy atom. The standard InChI is InChI=1S/C19H24F2O/c1-14(2)18(22)16-10-8-15(9-11-16)13-17-7-5-3-4-6-12-19(17,20)21/h6,8-12,14,17H,3-5,7,13H2,1-2H3. The first kappa shape index (κ1) is 16.9. The molecule has 0 bridgehead atoms. The first-order valence-electron chi connectivity index (χ1n) is 8.09. The number of ketones is 1. The maximum Gasteiger partial charge on any atom is 0.269 e. The van der Waals surface area contributed by atoms with Crippen LogP contribution in [0.4, 0.5) is 8.78 Å². The van der Waals surface area contributed by atoms with Gasteiger partial charge < -0.3 is 0 Å². The van der Waals surface area contributed by atoms with Gasteiger partial charge in [-0.2, -0.15) is 0 Å². The minimum atomic E-state index is -2.74. The Kier molecular flexibility index (Phi) is 5.49. The average Bonchev–Trinajstić information content (AvgIpc) is 2.47. The average molecular weight is 306 g/mol. The zero-order valence-corrected chi connectivity index (χ0v) is 13.3. The first-order chi connectivity index (χ1) is 10.4. The number of Topliss-reactive ketones (excluding diaryl/α,β-unsaturated/α-hetero) is 1. The van der Waals surface area contributed by atoms with Crippen molar-refractivity contribution < 1.29 is 13.6 Å². The molecule has 0 radical (unpaired) electrons. The fraction of sp³-hybridized carbons (Fsp3) is 0.526. The maximum atomic E-state index is 14.2. The van der Waals surface area contributed by atoms with E-state index in [2.05, 4.69) is 0 Å². The van der Waals surface area contributed by atoms with Crippen LogP contribution >= 0.6 is 0 Å². The fourth-order valence-corrected chi connectivity index (χ4v) is 2.88. The summed E-state index contributed by atoms with van der Waals surface area (Å²) in [6.45, 7) is 3.72. The molecule has 0 saturated heterocycles. The van der Waals surface area contributed by atoms with Crippen LogP contribution < -0.4 is 0 Å². The highest BCUT2D eigenvalue weighted by molar-refractivity contribution is 5.97. The normalized spacial score (nSPS) is 21.4. The number of carbonyl (C=O) groups is 1. The molecule has 1 atom stereocenters. The molecule has 3 heteroatoms. The number of carbonyl (C=O) groups excluding carboxylic acids is 1. The van der Waals surface area contributed by atoms with Gasteiger partial charge in [-0.1, -0.05) is 50.6 Å². The van der Waals surface area contributed by atoms with Crippen LogP contribution in [0.1, 0.15) is 55.5 Å². The molecule has 1 nitrogen and oxygen atoms in total. The van der Waals surface area contributed by atoms with Gasteiger partial charge in [-0.05, 0) is 37.3 Å². The number of benzene rings is 1. The van der Waals surface area contributed by atoms with Crippen molar-refractivity contribution in [2.75, 3.05) is 0 Å². The summed E-state index contributed by atoms with van der Waals surface area (Å²) in [6.07, 6.45) is 6.15. The molecule has 22 heavy (non-hydrogen) atoms. The van der Waals surface area contributed by atoms with E-state index in [9.17, 15) is 13.6 Å². The van der Waals surface area contributed by atoms with Crippen molar-refractivity contribution in [3.05, 3.63) is 47.5 Å². The highest BCUT2D eigenvalue weighted by Crippen LogP contribution is 2.35. The summed E-state index contributed by atoms with van der Waals surface area (Å²) in [6, 6.07) is 7.14. The van der Waals surface area contributed by atoms with Crippen LogP contribution in [0.15, 0.2) is 36.4 Å². The zero-order valence-electron chi connectivity index (χ0n) is 13.3. The third kappa shape index (κ3) is 4.25. The molecule has 1 aliphatic rings. The Balaban J connectivity index is 2.10. The number of hydrogen-bond donors (Lipinski definition) is 0. The first-order valence-corrected chi connectivity index (χ1v) is 8.09. The molecule has 0 fully saturated rings. The highest BCUT2D eigenvalue weighted by atomic mass is 19.3. The Hall–Kier alpha value is -1.51. The molecule has 1 aromatic rings. The van der Waals surface area contributed by atoms with Gasteiger partial charge in [0.1, 0.15) is 0 Å². The molecule has 0 aromatic heterocycles. The van der Waals surface area contributed by atoms with Gasteiger partial charge in [0.2, 0.25) is 0 Å². The Morgan fingerprint density at radius 1 is 1.23 bits per heavy atom. The van der Waals surface area contributed by atoms with E-state index in [0.717, 1.165) is 30.9 Å². The summed E-state index contributed by atoms with van der Waals surface area (Å²) in [5, 5.41) is 0. The predicted octanol–water partition coefficient (Wildman–Crippen LogP) is 5.45. The van der Waals surface area contributed by atoms with Crippen molar-refractivity contribution >= 4 is 5.78 Å². The van der Waals surface area contributed by atoms with E-state index >= 15 is 0 Å². The van der Waals surface area contributed by atoms with E-state index in [1.165, 1.54) is 0 Å². The number of rotatable bonds is 4. The lowest BCUT2D eigenvalue weighted by Gasteiger charge is -2.26. The van der Waals surface area contributed by atoms with E-state index in [1.807, 2.05) is 26.0 Å². The number of halogens is 2. The van der Waals surface area contributed by atoms with E-state index in [0.29, 0.717) is 18.4 Å². The summed E-state index contributed by atoms with van der Waals surface area (Å²) in [5.41, 5.74) is 1.53. The minimum Gasteiger partial charge on any atom is -0.294 e. The summed E-state index contributed by atoms with van der Waals surface area (Å²) >= 11 is 0. The Morgan fingerprint density at radius 2 is 1.91 bits per heavy atom. The molecule has 1 aliphatic carbocycles. The van der Waals surface area contributed by atoms with Crippen LogP contribution in [-0.2, 0) is 6.42 Å². The third-order valence-electron chi connectivity index (χ3n) is 4.30. The van der Waals surface area contributed by atoms with Gasteiger partial charge >= 0.3 is 0 Å². The van der Waals surface area contributed by atoms with Gasteiger partial charge in [-0.3, -0.25) is 4.79 Å². The van der Waals surface area contributed by atoms with Crippen LogP contribution in [0.25, 0.3) is 0 Å². The maximum absolute atomic E-state index is 14.2. The summed E-state index contributed by atoms with van der Waals surface area (Å²) in [4.78, 5) is 11.9. The lowest BCUT2D eigenvalue weighted by molar-refractivity contribution is -0.0151. The lowest BCUT2D eigenvalue weighted by atomic mass is 9.86. The molecule has 0 N–H and O–H groups in total. The SMILES string of the molecule is CC(C)C(=O)c1ccc(CC2CCCCC=CC2(F)F)cc1. The molecular formula is C19H24F2O. The predicted molar refractivity (Wildman–Crippen MR) is 85.4 cm³/mol. The van der Waals surface area contributed by atoms with Crippen molar-refractivity contribution in [3.8, 4) is 0 Å². The minimum absolute atomic E-state index is 0.0501. The van der Waals surface area contributed by atoms with Crippen molar-refractivity contribution in [1.82, 2.24) is 0 Å². The van der Waals surface area contributed by atoms with E-state index < -0.39 is 11.8 Å². The van der Waals surface area contributed by atoms with Gasteiger partial charge in [0, 0.05) is 17.4 Å². The molecule has 0 heterocycles. The van der Waals surface area contributed by atoms with Gasteiger partial charge in [0.05, 0.1) is 0 Å². The Labute approximate surface area is 131 Å². The molecule has 120 valence electrons. The largest absolute Gasteiger partial charge is 0.294 e. The third-order valence-corrected chi connectivity index (χ3v) is 4.30. The molecule has 2 rings (SSSR count). The summed E-state index contributed by atoms with van der Waals surface area (Å²) < 4.78 is 28.3. The van der Waals surface area contributed by atoms with Gasteiger partial charge in [-0.25, -0.2) is 8.78 Å². The Bertz CT molecular complexity index is 529. The number of allylic oxidation sites excluding steroid dienone is 2. The smallest absolute Gasteiger partial charge is 0.269 e. The molecule has 0 saturated carbocycles. The van der Waals surface area contributed by atoms with Crippen LogP contribution in [-0.4, -0.2) is 11.7 Å². The zero-order chi connectivity index (χ0) is 16.2. The van der Waals surface area contributed by atoms with Crippen LogP contribution in [0.2, 0.25) is 0 Å². The molecule has 1 unspecified atom stereocenters. The molecule has 1 aromatic carbocycles. The lowest BCUT2D eigenvalue weighted by Crippen LogP contribution is -2.28. The van der Waals surface area contributed by atoms with Gasteiger partial charge in [0.25, 0.3) is 5.92 Å². The highest BCUT2D eigenvalue weighted by Gasteiger charge is 2.36. The van der Waals surface area contributed by atoms with Crippen molar-refractivity contribution in [3.63, 3.8) is 0 Å². The summed E-state index contributed by atoms with van der Waals surface area (Å²) in [7, 11) is 0. The molecular weight excluding hydrogens is 282 g/mol. The van der Waals surface area contributed by atoms with Gasteiger partial charge in [-0.15, -0.1) is 0 Å². The fourth-order valence-electron chi connectivity index (χ4n) is 2.88. The van der Waals surface area contributed by atoms with E-state index in [1.54, 1.807) is 18.2 Å². The summed E-state index contributed by atoms with van der Waals surface area (Å²) in [5.74, 6) is -3.36. The van der Waals surface area contributed by atoms with Crippen molar-refractivity contribution in [1.29, 1.82) is 0 Å². The van der Waals surface area contributed by atoms with Crippen molar-refractivity contribution in [2.24, 2.45) is 11.8 Å². The monoisotopic (exact) mass is 306 g/mol. The van der Waals surface area contributed by atoms with E-state index in [-0.39, 0.29) is 11.7 Å². The van der Waals surface area contributed by atoms with Crippen LogP contribution in [0.5, 0.6) is 0 Å². The van der Waals surface area contributed by atoms with Crippen LogP contribution in [0, 0.1) is 11.8 Å². The molecule has 0 aliphatic heterocycles. The number of hydrogen-bond acceptors (Lipinski definition) is 1. The van der Waals surface area contributed by atoms with Crippen LogP contribution in [0.3, 0.4) is 0 Å².